The standard InChI is InChI=1S/C6H8N2O3S/c1-5(9)6-3-4-8(7-6)12(2,10)11/h3-4H,1-2H3. The molecule has 0 aliphatic heterocycles. The largest absolute Gasteiger partial charge is 0.293 e. The lowest BCUT2D eigenvalue weighted by Gasteiger charge is -1.93. The maximum atomic E-state index is 10.9. The molecule has 0 spiro atoms. The number of hydrogen-bond acceptors (Lipinski definition) is 4. The van der Waals surface area contributed by atoms with Gasteiger partial charge in [0, 0.05) is 13.1 Å². The number of Topliss-reactive ketones (excluding diaryl/α,β-unsaturated/α-hetero) is 1. The summed E-state index contributed by atoms with van der Waals surface area (Å²) in [6.07, 6.45) is 2.26. The summed E-state index contributed by atoms with van der Waals surface area (Å²) < 4.78 is 22.5. The first-order chi connectivity index (χ1) is 5.41. The van der Waals surface area contributed by atoms with Crippen LogP contribution in [0.15, 0.2) is 12.3 Å². The van der Waals surface area contributed by atoms with Crippen LogP contribution in [0.25, 0.3) is 0 Å². The third kappa shape index (κ3) is 1.70. The van der Waals surface area contributed by atoms with Crippen LogP contribution in [-0.4, -0.2) is 29.6 Å². The number of rotatable bonds is 2. The molecule has 12 heavy (non-hydrogen) atoms. The Morgan fingerprint density at radius 1 is 1.58 bits per heavy atom. The van der Waals surface area contributed by atoms with Gasteiger partial charge in [-0.1, -0.05) is 0 Å². The van der Waals surface area contributed by atoms with E-state index in [4.69, 9.17) is 0 Å². The van der Waals surface area contributed by atoms with Crippen LogP contribution in [-0.2, 0) is 10.0 Å². The summed E-state index contributed by atoms with van der Waals surface area (Å²) in [5.41, 5.74) is 0.153. The number of carbonyl (C=O) groups excluding carboxylic acids is 1. The van der Waals surface area contributed by atoms with Crippen molar-refractivity contribution in [2.45, 2.75) is 6.92 Å². The molecule has 0 bridgehead atoms. The second kappa shape index (κ2) is 2.71. The lowest BCUT2D eigenvalue weighted by molar-refractivity contribution is 0.101. The van der Waals surface area contributed by atoms with Crippen molar-refractivity contribution < 1.29 is 13.2 Å². The number of hydrogen-bond donors (Lipinski definition) is 0. The molecule has 1 rings (SSSR count). The molecule has 0 unspecified atom stereocenters. The van der Waals surface area contributed by atoms with E-state index in [9.17, 15) is 13.2 Å². The van der Waals surface area contributed by atoms with E-state index in [1.54, 1.807) is 0 Å². The van der Waals surface area contributed by atoms with Gasteiger partial charge in [0.2, 0.25) is 0 Å². The highest BCUT2D eigenvalue weighted by Crippen LogP contribution is 1.98. The minimum Gasteiger partial charge on any atom is -0.293 e. The fourth-order valence-electron chi connectivity index (χ4n) is 0.680. The van der Waals surface area contributed by atoms with E-state index in [2.05, 4.69) is 5.10 Å². The Labute approximate surface area is 70.1 Å². The van der Waals surface area contributed by atoms with Gasteiger partial charge in [-0.2, -0.15) is 9.19 Å². The van der Waals surface area contributed by atoms with E-state index in [1.807, 2.05) is 0 Å². The van der Waals surface area contributed by atoms with Crippen LogP contribution in [0.1, 0.15) is 17.4 Å². The fraction of sp³-hybridized carbons (Fsp3) is 0.333. The molecule has 0 saturated carbocycles. The van der Waals surface area contributed by atoms with E-state index in [-0.39, 0.29) is 11.5 Å². The van der Waals surface area contributed by atoms with Crippen molar-refractivity contribution in [3.8, 4) is 0 Å². The minimum absolute atomic E-state index is 0.153. The lowest BCUT2D eigenvalue weighted by Crippen LogP contribution is -2.11. The van der Waals surface area contributed by atoms with Crippen LogP contribution in [0.2, 0.25) is 0 Å². The van der Waals surface area contributed by atoms with Crippen LogP contribution in [0.3, 0.4) is 0 Å². The zero-order chi connectivity index (χ0) is 9.35. The molecule has 1 heterocycles. The Kier molecular flexibility index (Phi) is 2.01. The van der Waals surface area contributed by atoms with Crippen LogP contribution >= 0.6 is 0 Å². The molecule has 6 heteroatoms. The SMILES string of the molecule is CC(=O)c1ccn(S(C)(=O)=O)n1. The highest BCUT2D eigenvalue weighted by molar-refractivity contribution is 7.89. The first kappa shape index (κ1) is 8.92. The summed E-state index contributed by atoms with van der Waals surface area (Å²) in [6.45, 7) is 1.33. The summed E-state index contributed by atoms with van der Waals surface area (Å²) >= 11 is 0. The molecule has 0 saturated heterocycles. The summed E-state index contributed by atoms with van der Waals surface area (Å²) in [5, 5.41) is 3.56. The van der Waals surface area contributed by atoms with Crippen molar-refractivity contribution in [1.82, 2.24) is 9.19 Å². The van der Waals surface area contributed by atoms with E-state index in [0.717, 1.165) is 10.3 Å². The second-order valence-electron chi connectivity index (χ2n) is 2.39. The molecular formula is C6H8N2O3S. The average Bonchev–Trinajstić information content (AvgIpc) is 2.30. The number of carbonyl (C=O) groups is 1. The molecule has 0 N–H and O–H groups in total. The lowest BCUT2D eigenvalue weighted by atomic mass is 10.3. The Hall–Kier alpha value is -1.17. The van der Waals surface area contributed by atoms with Gasteiger partial charge in [-0.15, -0.1) is 0 Å². The smallest absolute Gasteiger partial charge is 0.250 e. The molecule has 1 aromatic rings. The third-order valence-corrected chi connectivity index (χ3v) is 2.15. The first-order valence-corrected chi connectivity index (χ1v) is 5.03. The summed E-state index contributed by atoms with van der Waals surface area (Å²) in [5.74, 6) is -0.252. The van der Waals surface area contributed by atoms with E-state index < -0.39 is 10.0 Å². The van der Waals surface area contributed by atoms with Gasteiger partial charge in [0.15, 0.2) is 5.78 Å². The molecule has 0 atom stereocenters. The van der Waals surface area contributed by atoms with Gasteiger partial charge >= 0.3 is 0 Å². The quantitative estimate of drug-likeness (QED) is 0.607. The molecule has 0 amide bonds. The van der Waals surface area contributed by atoms with Crippen molar-refractivity contribution in [1.29, 1.82) is 0 Å². The van der Waals surface area contributed by atoms with Crippen molar-refractivity contribution in [3.63, 3.8) is 0 Å². The van der Waals surface area contributed by atoms with E-state index in [0.29, 0.717) is 0 Å². The van der Waals surface area contributed by atoms with Gasteiger partial charge in [0.25, 0.3) is 10.0 Å². The topological polar surface area (TPSA) is 69.0 Å². The molecule has 66 valence electrons. The zero-order valence-corrected chi connectivity index (χ0v) is 7.50. The molecule has 1 aromatic heterocycles. The molecule has 0 aromatic carbocycles. The van der Waals surface area contributed by atoms with Crippen molar-refractivity contribution in [2.75, 3.05) is 6.26 Å². The normalized spacial score (nSPS) is 11.5. The Morgan fingerprint density at radius 2 is 2.17 bits per heavy atom. The van der Waals surface area contributed by atoms with Crippen LogP contribution in [0.4, 0.5) is 0 Å². The molecule has 0 aliphatic rings. The molecular weight excluding hydrogens is 180 g/mol. The van der Waals surface area contributed by atoms with Crippen LogP contribution in [0, 0.1) is 0 Å². The van der Waals surface area contributed by atoms with Crippen molar-refractivity contribution in [3.05, 3.63) is 18.0 Å². The zero-order valence-electron chi connectivity index (χ0n) is 6.68. The van der Waals surface area contributed by atoms with Gasteiger partial charge in [-0.25, -0.2) is 8.42 Å². The summed E-state index contributed by atoms with van der Waals surface area (Å²) in [4.78, 5) is 10.7. The minimum atomic E-state index is -3.36. The maximum absolute atomic E-state index is 10.9. The Morgan fingerprint density at radius 3 is 2.42 bits per heavy atom. The predicted molar refractivity (Wildman–Crippen MR) is 42.5 cm³/mol. The average molecular weight is 188 g/mol. The number of nitrogens with zero attached hydrogens (tertiary/aromatic N) is 2. The van der Waals surface area contributed by atoms with Gasteiger partial charge in [-0.05, 0) is 6.07 Å². The van der Waals surface area contributed by atoms with Gasteiger partial charge in [0.05, 0.1) is 6.26 Å². The van der Waals surface area contributed by atoms with E-state index in [1.165, 1.54) is 19.2 Å². The summed E-state index contributed by atoms with van der Waals surface area (Å²) in [6, 6.07) is 1.36. The third-order valence-electron chi connectivity index (χ3n) is 1.27. The highest BCUT2D eigenvalue weighted by atomic mass is 32.2. The molecule has 5 nitrogen and oxygen atoms in total. The Balaban J connectivity index is 3.17. The maximum Gasteiger partial charge on any atom is 0.250 e. The van der Waals surface area contributed by atoms with Gasteiger partial charge in [-0.3, -0.25) is 4.79 Å². The molecule has 0 aliphatic carbocycles. The molecule has 0 radical (unpaired) electrons. The summed E-state index contributed by atoms with van der Waals surface area (Å²) in [7, 11) is -3.36. The molecule has 0 fully saturated rings. The first-order valence-electron chi connectivity index (χ1n) is 3.18. The number of ketones is 1. The Bertz CT molecular complexity index is 404. The van der Waals surface area contributed by atoms with Gasteiger partial charge in [0.1, 0.15) is 5.69 Å². The van der Waals surface area contributed by atoms with Crippen molar-refractivity contribution in [2.24, 2.45) is 0 Å². The highest BCUT2D eigenvalue weighted by Gasteiger charge is 2.09. The van der Waals surface area contributed by atoms with Crippen molar-refractivity contribution >= 4 is 15.8 Å². The van der Waals surface area contributed by atoms with E-state index >= 15 is 0 Å². The number of aromatic nitrogens is 2. The van der Waals surface area contributed by atoms with Gasteiger partial charge < -0.3 is 0 Å². The fourth-order valence-corrected chi connectivity index (χ4v) is 1.20. The van der Waals surface area contributed by atoms with Crippen LogP contribution in [0.5, 0.6) is 0 Å². The predicted octanol–water partition coefficient (Wildman–Crippen LogP) is -0.107. The second-order valence-corrected chi connectivity index (χ2v) is 4.23. The monoisotopic (exact) mass is 188 g/mol. The van der Waals surface area contributed by atoms with Crippen LogP contribution < -0.4 is 0 Å².